The molecule has 0 aromatic heterocycles. The molecule has 3 atom stereocenters. The number of urea groups is 1. The van der Waals surface area contributed by atoms with Crippen molar-refractivity contribution in [3.63, 3.8) is 0 Å². The van der Waals surface area contributed by atoms with Crippen molar-refractivity contribution in [2.45, 2.75) is 46.2 Å². The maximum absolute atomic E-state index is 13.2. The Balaban J connectivity index is 1.63. The fourth-order valence-electron chi connectivity index (χ4n) is 4.10. The van der Waals surface area contributed by atoms with Crippen molar-refractivity contribution in [2.24, 2.45) is 11.8 Å². The number of nitrogens with zero attached hydrogens (tertiary/aromatic N) is 4. The molecule has 0 N–H and O–H groups in total. The largest absolute Gasteiger partial charge is 0.337 e. The molecular formula is C19H32N4O3S. The molecule has 3 rings (SSSR count). The second kappa shape index (κ2) is 8.29. The van der Waals surface area contributed by atoms with E-state index in [0.717, 1.165) is 13.0 Å². The summed E-state index contributed by atoms with van der Waals surface area (Å²) in [5.74, 6) is 1.79. The predicted octanol–water partition coefficient (Wildman–Crippen LogP) is 1.54. The third-order valence-corrected chi connectivity index (χ3v) is 6.82. The lowest BCUT2D eigenvalue weighted by molar-refractivity contribution is -0.146. The van der Waals surface area contributed by atoms with Crippen LogP contribution < -0.4 is 0 Å². The van der Waals surface area contributed by atoms with Gasteiger partial charge in [0, 0.05) is 44.4 Å². The van der Waals surface area contributed by atoms with Crippen LogP contribution in [0.25, 0.3) is 0 Å². The van der Waals surface area contributed by atoms with Crippen LogP contribution in [0.3, 0.4) is 0 Å². The van der Waals surface area contributed by atoms with Crippen molar-refractivity contribution >= 4 is 29.6 Å². The molecule has 0 aliphatic carbocycles. The Bertz CT molecular complexity index is 600. The molecule has 152 valence electrons. The minimum atomic E-state index is -0.355. The molecule has 3 fully saturated rings. The molecule has 3 unspecified atom stereocenters. The third kappa shape index (κ3) is 4.05. The van der Waals surface area contributed by atoms with Crippen molar-refractivity contribution in [1.82, 2.24) is 19.6 Å². The molecule has 3 saturated heterocycles. The molecule has 0 radical (unpaired) electrons. The summed E-state index contributed by atoms with van der Waals surface area (Å²) in [4.78, 5) is 45.8. The van der Waals surface area contributed by atoms with Crippen LogP contribution in [0.2, 0.25) is 0 Å². The molecule has 27 heavy (non-hydrogen) atoms. The molecule has 0 spiro atoms. The minimum Gasteiger partial charge on any atom is -0.337 e. The van der Waals surface area contributed by atoms with Gasteiger partial charge in [-0.2, -0.15) is 0 Å². The first-order valence-electron chi connectivity index (χ1n) is 10.1. The Morgan fingerprint density at radius 3 is 2.59 bits per heavy atom. The van der Waals surface area contributed by atoms with E-state index >= 15 is 0 Å². The highest BCUT2D eigenvalue weighted by molar-refractivity contribution is 7.99. The van der Waals surface area contributed by atoms with E-state index in [9.17, 15) is 14.4 Å². The fourth-order valence-corrected chi connectivity index (χ4v) is 5.26. The molecule has 3 aliphatic rings. The van der Waals surface area contributed by atoms with Crippen LogP contribution in [0, 0.1) is 11.8 Å². The smallest absolute Gasteiger partial charge is 0.320 e. The van der Waals surface area contributed by atoms with Crippen molar-refractivity contribution in [2.75, 3.05) is 44.4 Å². The van der Waals surface area contributed by atoms with Gasteiger partial charge in [-0.05, 0) is 12.3 Å². The lowest BCUT2D eigenvalue weighted by Gasteiger charge is -2.38. The first kappa shape index (κ1) is 20.3. The van der Waals surface area contributed by atoms with Gasteiger partial charge in [0.15, 0.2) is 0 Å². The highest BCUT2D eigenvalue weighted by Gasteiger charge is 2.44. The van der Waals surface area contributed by atoms with Gasteiger partial charge >= 0.3 is 6.03 Å². The third-order valence-electron chi connectivity index (χ3n) is 5.81. The van der Waals surface area contributed by atoms with Crippen molar-refractivity contribution < 1.29 is 14.4 Å². The zero-order chi connectivity index (χ0) is 19.7. The Morgan fingerprint density at radius 1 is 1.19 bits per heavy atom. The zero-order valence-corrected chi connectivity index (χ0v) is 17.7. The SMILES string of the molecule is CCC(C)C(=O)N1CSCC1C(=O)N1CCN2C(=O)N(CC(C)C)CC2C1. The highest BCUT2D eigenvalue weighted by atomic mass is 32.2. The first-order chi connectivity index (χ1) is 12.8. The summed E-state index contributed by atoms with van der Waals surface area (Å²) in [6, 6.07) is -0.181. The number of fused-ring (bicyclic) bond motifs is 1. The fraction of sp³-hybridized carbons (Fsp3) is 0.842. The van der Waals surface area contributed by atoms with Gasteiger partial charge in [-0.15, -0.1) is 11.8 Å². The van der Waals surface area contributed by atoms with E-state index in [0.29, 0.717) is 43.7 Å². The Kier molecular flexibility index (Phi) is 6.23. The molecule has 0 bridgehead atoms. The van der Waals surface area contributed by atoms with Gasteiger partial charge in [-0.1, -0.05) is 27.7 Å². The van der Waals surface area contributed by atoms with E-state index in [-0.39, 0.29) is 35.8 Å². The lowest BCUT2D eigenvalue weighted by atomic mass is 10.1. The van der Waals surface area contributed by atoms with Gasteiger partial charge in [-0.3, -0.25) is 9.59 Å². The number of piperazine rings is 1. The second-order valence-corrected chi connectivity index (χ2v) is 9.35. The molecule has 0 saturated carbocycles. The van der Waals surface area contributed by atoms with Gasteiger partial charge in [-0.25, -0.2) is 4.79 Å². The number of carbonyl (C=O) groups is 3. The lowest BCUT2D eigenvalue weighted by Crippen LogP contribution is -2.58. The second-order valence-electron chi connectivity index (χ2n) is 8.35. The van der Waals surface area contributed by atoms with Crippen LogP contribution in [0.5, 0.6) is 0 Å². The topological polar surface area (TPSA) is 64.2 Å². The molecule has 3 heterocycles. The molecule has 8 heteroatoms. The maximum Gasteiger partial charge on any atom is 0.320 e. The van der Waals surface area contributed by atoms with Gasteiger partial charge < -0.3 is 19.6 Å². The minimum absolute atomic E-state index is 0.0473. The Morgan fingerprint density at radius 2 is 1.93 bits per heavy atom. The van der Waals surface area contributed by atoms with Crippen LogP contribution in [-0.2, 0) is 9.59 Å². The molecule has 7 nitrogen and oxygen atoms in total. The Hall–Kier alpha value is -1.44. The number of carbonyl (C=O) groups excluding carboxylic acids is 3. The van der Waals surface area contributed by atoms with E-state index in [4.69, 9.17) is 0 Å². The quantitative estimate of drug-likeness (QED) is 0.707. The molecule has 0 aromatic carbocycles. The van der Waals surface area contributed by atoms with E-state index in [1.807, 2.05) is 28.5 Å². The summed E-state index contributed by atoms with van der Waals surface area (Å²) in [5.41, 5.74) is 0. The average Bonchev–Trinajstić information content (AvgIpc) is 3.24. The van der Waals surface area contributed by atoms with Crippen LogP contribution in [0.15, 0.2) is 0 Å². The monoisotopic (exact) mass is 396 g/mol. The normalized spacial score (nSPS) is 26.8. The summed E-state index contributed by atoms with van der Waals surface area (Å²) in [5, 5.41) is 0. The van der Waals surface area contributed by atoms with E-state index in [2.05, 4.69) is 13.8 Å². The summed E-state index contributed by atoms with van der Waals surface area (Å²) in [7, 11) is 0. The zero-order valence-electron chi connectivity index (χ0n) is 16.9. The number of hydrogen-bond donors (Lipinski definition) is 0. The van der Waals surface area contributed by atoms with E-state index in [1.165, 1.54) is 0 Å². The number of amides is 4. The van der Waals surface area contributed by atoms with Crippen molar-refractivity contribution in [3.8, 4) is 0 Å². The summed E-state index contributed by atoms with van der Waals surface area (Å²) < 4.78 is 0. The van der Waals surface area contributed by atoms with Gasteiger partial charge in [0.25, 0.3) is 0 Å². The summed E-state index contributed by atoms with van der Waals surface area (Å²) in [6.07, 6.45) is 0.787. The van der Waals surface area contributed by atoms with E-state index < -0.39 is 0 Å². The molecule has 3 aliphatic heterocycles. The average molecular weight is 397 g/mol. The van der Waals surface area contributed by atoms with Crippen LogP contribution in [0.1, 0.15) is 34.1 Å². The van der Waals surface area contributed by atoms with Crippen molar-refractivity contribution in [1.29, 1.82) is 0 Å². The van der Waals surface area contributed by atoms with Crippen molar-refractivity contribution in [3.05, 3.63) is 0 Å². The highest BCUT2D eigenvalue weighted by Crippen LogP contribution is 2.27. The van der Waals surface area contributed by atoms with Crippen LogP contribution in [0.4, 0.5) is 4.79 Å². The van der Waals surface area contributed by atoms with E-state index in [1.54, 1.807) is 16.7 Å². The predicted molar refractivity (Wildman–Crippen MR) is 106 cm³/mol. The summed E-state index contributed by atoms with van der Waals surface area (Å²) >= 11 is 1.65. The maximum atomic E-state index is 13.2. The van der Waals surface area contributed by atoms with Crippen LogP contribution in [-0.4, -0.2) is 93.9 Å². The standard InChI is InChI=1S/C19H32N4O3S/c1-5-14(4)17(24)23-12-27-11-16(23)18(25)20-6-7-22-15(9-20)10-21(19(22)26)8-13(2)3/h13-16H,5-12H2,1-4H3. The van der Waals surface area contributed by atoms with Gasteiger partial charge in [0.05, 0.1) is 11.9 Å². The number of rotatable bonds is 5. The van der Waals surface area contributed by atoms with Crippen LogP contribution >= 0.6 is 11.8 Å². The molecular weight excluding hydrogens is 364 g/mol. The van der Waals surface area contributed by atoms with Gasteiger partial charge in [0.1, 0.15) is 6.04 Å². The molecule has 0 aromatic rings. The Labute approximate surface area is 166 Å². The summed E-state index contributed by atoms with van der Waals surface area (Å²) in [6.45, 7) is 11.3. The first-order valence-corrected chi connectivity index (χ1v) is 11.2. The number of hydrogen-bond acceptors (Lipinski definition) is 4. The number of thioether (sulfide) groups is 1. The molecule has 4 amide bonds. The van der Waals surface area contributed by atoms with Gasteiger partial charge in [0.2, 0.25) is 11.8 Å².